The zero-order valence-corrected chi connectivity index (χ0v) is 11.7. The standard InChI is InChI=1S/C13H11ClN4S/c1-19-7-2-3-8(9(14)6-7)10-4-5-11-12(16-10)13(15)18-17-11/h2-6H,1H3,(H3,15,17,18). The number of thioether (sulfide) groups is 1. The number of aromatic nitrogens is 3. The molecule has 0 unspecified atom stereocenters. The summed E-state index contributed by atoms with van der Waals surface area (Å²) < 4.78 is 0. The van der Waals surface area contributed by atoms with Crippen molar-refractivity contribution in [2.24, 2.45) is 0 Å². The van der Waals surface area contributed by atoms with Crippen molar-refractivity contribution in [3.63, 3.8) is 0 Å². The Morgan fingerprint density at radius 1 is 1.26 bits per heavy atom. The number of nitrogens with two attached hydrogens (primary N) is 1. The van der Waals surface area contributed by atoms with Gasteiger partial charge in [0.25, 0.3) is 0 Å². The number of nitrogens with zero attached hydrogens (tertiary/aromatic N) is 2. The van der Waals surface area contributed by atoms with Crippen LogP contribution in [0, 0.1) is 0 Å². The van der Waals surface area contributed by atoms with Crippen LogP contribution in [0.1, 0.15) is 0 Å². The monoisotopic (exact) mass is 290 g/mol. The van der Waals surface area contributed by atoms with Gasteiger partial charge in [-0.2, -0.15) is 5.10 Å². The molecule has 1 aromatic carbocycles. The third-order valence-corrected chi connectivity index (χ3v) is 3.92. The number of hydrogen-bond donors (Lipinski definition) is 2. The van der Waals surface area contributed by atoms with E-state index in [0.717, 1.165) is 21.7 Å². The molecule has 4 nitrogen and oxygen atoms in total. The van der Waals surface area contributed by atoms with Crippen LogP contribution in [0.15, 0.2) is 35.2 Å². The van der Waals surface area contributed by atoms with Crippen molar-refractivity contribution < 1.29 is 0 Å². The molecule has 6 heteroatoms. The highest BCUT2D eigenvalue weighted by molar-refractivity contribution is 7.98. The van der Waals surface area contributed by atoms with Gasteiger partial charge in [-0.05, 0) is 30.5 Å². The lowest BCUT2D eigenvalue weighted by molar-refractivity contribution is 1.13. The van der Waals surface area contributed by atoms with E-state index in [1.165, 1.54) is 0 Å². The fraction of sp³-hybridized carbons (Fsp3) is 0.0769. The Balaban J connectivity index is 2.15. The predicted octanol–water partition coefficient (Wildman–Crippen LogP) is 3.58. The van der Waals surface area contributed by atoms with Crippen LogP contribution in [0.25, 0.3) is 22.3 Å². The van der Waals surface area contributed by atoms with Gasteiger partial charge in [-0.15, -0.1) is 11.8 Å². The fourth-order valence-electron chi connectivity index (χ4n) is 1.90. The van der Waals surface area contributed by atoms with E-state index >= 15 is 0 Å². The van der Waals surface area contributed by atoms with Crippen molar-refractivity contribution in [2.75, 3.05) is 12.0 Å². The molecular weight excluding hydrogens is 280 g/mol. The highest BCUT2D eigenvalue weighted by atomic mass is 35.5. The lowest BCUT2D eigenvalue weighted by Crippen LogP contribution is -1.89. The topological polar surface area (TPSA) is 67.6 Å². The summed E-state index contributed by atoms with van der Waals surface area (Å²) in [5.74, 6) is 0.397. The van der Waals surface area contributed by atoms with E-state index in [-0.39, 0.29) is 0 Å². The SMILES string of the molecule is CSc1ccc(-c2ccc3[nH]nc(N)c3n2)c(Cl)c1. The quantitative estimate of drug-likeness (QED) is 0.708. The molecule has 3 aromatic rings. The summed E-state index contributed by atoms with van der Waals surface area (Å²) in [7, 11) is 0. The molecule has 0 aliphatic heterocycles. The van der Waals surface area contributed by atoms with Gasteiger partial charge in [-0.1, -0.05) is 17.7 Å². The minimum Gasteiger partial charge on any atom is -0.380 e. The third kappa shape index (κ3) is 2.15. The molecule has 0 fully saturated rings. The summed E-state index contributed by atoms with van der Waals surface area (Å²) in [6.07, 6.45) is 2.02. The van der Waals surface area contributed by atoms with Crippen LogP contribution in [-0.2, 0) is 0 Å². The molecule has 0 atom stereocenters. The molecule has 0 radical (unpaired) electrons. The normalized spacial score (nSPS) is 11.1. The number of H-pyrrole nitrogens is 1. The first kappa shape index (κ1) is 12.3. The van der Waals surface area contributed by atoms with Gasteiger partial charge in [-0.25, -0.2) is 4.98 Å². The summed E-state index contributed by atoms with van der Waals surface area (Å²) in [5, 5.41) is 7.44. The Hall–Kier alpha value is -1.72. The van der Waals surface area contributed by atoms with Crippen LogP contribution >= 0.6 is 23.4 Å². The van der Waals surface area contributed by atoms with Crippen molar-refractivity contribution in [1.29, 1.82) is 0 Å². The summed E-state index contributed by atoms with van der Waals surface area (Å²) in [4.78, 5) is 5.63. The van der Waals surface area contributed by atoms with Crippen LogP contribution < -0.4 is 5.73 Å². The Labute approximate surface area is 119 Å². The largest absolute Gasteiger partial charge is 0.380 e. The molecule has 2 aromatic heterocycles. The molecule has 0 saturated carbocycles. The van der Waals surface area contributed by atoms with Crippen LogP contribution in [0.2, 0.25) is 5.02 Å². The van der Waals surface area contributed by atoms with Crippen molar-refractivity contribution in [1.82, 2.24) is 15.2 Å². The number of rotatable bonds is 2. The maximum atomic E-state index is 6.30. The van der Waals surface area contributed by atoms with Gasteiger partial charge < -0.3 is 5.73 Å². The number of anilines is 1. The summed E-state index contributed by atoms with van der Waals surface area (Å²) in [5.41, 5.74) is 8.93. The molecule has 3 N–H and O–H groups in total. The van der Waals surface area contributed by atoms with Crippen molar-refractivity contribution in [3.8, 4) is 11.3 Å². The number of halogens is 1. The number of fused-ring (bicyclic) bond motifs is 1. The second-order valence-electron chi connectivity index (χ2n) is 4.05. The number of pyridine rings is 1. The zero-order valence-electron chi connectivity index (χ0n) is 10.1. The Kier molecular flexibility index (Phi) is 3.08. The Morgan fingerprint density at radius 3 is 2.84 bits per heavy atom. The first-order chi connectivity index (χ1) is 9.19. The molecule has 2 heterocycles. The first-order valence-corrected chi connectivity index (χ1v) is 7.24. The number of nitrogen functional groups attached to an aromatic ring is 1. The van der Waals surface area contributed by atoms with Gasteiger partial charge in [0.05, 0.1) is 16.2 Å². The van der Waals surface area contributed by atoms with Crippen molar-refractivity contribution in [2.45, 2.75) is 4.90 Å². The summed E-state index contributed by atoms with van der Waals surface area (Å²) in [6, 6.07) is 9.74. The second-order valence-corrected chi connectivity index (χ2v) is 5.33. The van der Waals surface area contributed by atoms with Gasteiger partial charge >= 0.3 is 0 Å². The minimum absolute atomic E-state index is 0.397. The van der Waals surface area contributed by atoms with Gasteiger partial charge in [-0.3, -0.25) is 5.10 Å². The molecule has 0 aliphatic rings. The Morgan fingerprint density at radius 2 is 2.11 bits per heavy atom. The average Bonchev–Trinajstić information content (AvgIpc) is 2.80. The first-order valence-electron chi connectivity index (χ1n) is 5.63. The molecule has 0 bridgehead atoms. The number of aromatic amines is 1. The predicted molar refractivity (Wildman–Crippen MR) is 80.5 cm³/mol. The molecule has 0 saturated heterocycles. The number of hydrogen-bond acceptors (Lipinski definition) is 4. The number of benzene rings is 1. The highest BCUT2D eigenvalue weighted by Gasteiger charge is 2.09. The van der Waals surface area contributed by atoms with Crippen LogP contribution in [-0.4, -0.2) is 21.4 Å². The van der Waals surface area contributed by atoms with Gasteiger partial charge in [0.1, 0.15) is 5.52 Å². The van der Waals surface area contributed by atoms with E-state index in [1.54, 1.807) is 11.8 Å². The second kappa shape index (κ2) is 4.75. The van der Waals surface area contributed by atoms with Crippen LogP contribution in [0.4, 0.5) is 5.82 Å². The van der Waals surface area contributed by atoms with E-state index in [9.17, 15) is 0 Å². The summed E-state index contributed by atoms with van der Waals surface area (Å²) >= 11 is 7.95. The van der Waals surface area contributed by atoms with E-state index in [1.807, 2.05) is 36.6 Å². The molecule has 0 amide bonds. The van der Waals surface area contributed by atoms with Gasteiger partial charge in [0.15, 0.2) is 5.82 Å². The molecule has 0 spiro atoms. The molecule has 3 rings (SSSR count). The van der Waals surface area contributed by atoms with E-state index in [4.69, 9.17) is 17.3 Å². The number of nitrogens with one attached hydrogen (secondary N) is 1. The highest BCUT2D eigenvalue weighted by Crippen LogP contribution is 2.31. The van der Waals surface area contributed by atoms with E-state index in [2.05, 4.69) is 15.2 Å². The molecular formula is C13H11ClN4S. The van der Waals surface area contributed by atoms with E-state index in [0.29, 0.717) is 16.4 Å². The zero-order chi connectivity index (χ0) is 13.4. The fourth-order valence-corrected chi connectivity index (χ4v) is 2.68. The average molecular weight is 291 g/mol. The van der Waals surface area contributed by atoms with Gasteiger partial charge in [0, 0.05) is 10.5 Å². The lowest BCUT2D eigenvalue weighted by Gasteiger charge is -2.05. The smallest absolute Gasteiger partial charge is 0.171 e. The molecule has 19 heavy (non-hydrogen) atoms. The maximum absolute atomic E-state index is 6.30. The van der Waals surface area contributed by atoms with Crippen LogP contribution in [0.5, 0.6) is 0 Å². The lowest BCUT2D eigenvalue weighted by atomic mass is 10.1. The molecule has 96 valence electrons. The summed E-state index contributed by atoms with van der Waals surface area (Å²) in [6.45, 7) is 0. The van der Waals surface area contributed by atoms with Gasteiger partial charge in [0.2, 0.25) is 0 Å². The third-order valence-electron chi connectivity index (χ3n) is 2.89. The van der Waals surface area contributed by atoms with Crippen LogP contribution in [0.3, 0.4) is 0 Å². The van der Waals surface area contributed by atoms with Crippen molar-refractivity contribution in [3.05, 3.63) is 35.4 Å². The van der Waals surface area contributed by atoms with E-state index < -0.39 is 0 Å². The Bertz CT molecular complexity index is 753. The molecule has 0 aliphatic carbocycles. The van der Waals surface area contributed by atoms with Crippen molar-refractivity contribution >= 4 is 40.2 Å². The maximum Gasteiger partial charge on any atom is 0.171 e. The minimum atomic E-state index is 0.397.